The van der Waals surface area contributed by atoms with E-state index in [0.717, 1.165) is 0 Å². The molecular weight excluding hydrogens is 449 g/mol. The fourth-order valence-corrected chi connectivity index (χ4v) is 4.16. The molecule has 4 fully saturated rings. The van der Waals surface area contributed by atoms with Crippen molar-refractivity contribution in [1.29, 1.82) is 0 Å². The highest BCUT2D eigenvalue weighted by atomic mass is 19.3. The molecule has 0 spiro atoms. The van der Waals surface area contributed by atoms with Crippen LogP contribution in [0.3, 0.4) is 0 Å². The van der Waals surface area contributed by atoms with Crippen LogP contribution < -0.4 is 0 Å². The molecule has 4 rings (SSSR count). The highest BCUT2D eigenvalue weighted by molar-refractivity contribution is 5.86. The van der Waals surface area contributed by atoms with Crippen molar-refractivity contribution in [1.82, 2.24) is 0 Å². The molecule has 0 unspecified atom stereocenters. The maximum atomic E-state index is 14.5. The van der Waals surface area contributed by atoms with Crippen molar-refractivity contribution in [3.8, 4) is 0 Å². The molecule has 0 radical (unpaired) electrons. The van der Waals surface area contributed by atoms with Crippen LogP contribution in [-0.4, -0.2) is 69.0 Å². The Morgan fingerprint density at radius 1 is 0.429 bits per heavy atom. The van der Waals surface area contributed by atoms with E-state index in [0.29, 0.717) is 0 Å². The maximum Gasteiger partial charge on any atom is 0.349 e. The number of carboxylic acid groups (broad SMARTS) is 1. The van der Waals surface area contributed by atoms with Gasteiger partial charge in [0.2, 0.25) is 0 Å². The molecule has 0 aromatic heterocycles. The van der Waals surface area contributed by atoms with Gasteiger partial charge in [-0.15, -0.1) is 0 Å². The van der Waals surface area contributed by atoms with Crippen molar-refractivity contribution >= 4 is 5.97 Å². The van der Waals surface area contributed by atoms with Crippen LogP contribution in [-0.2, 0) is 4.79 Å². The largest absolute Gasteiger partial charge is 0.479 e. The summed E-state index contributed by atoms with van der Waals surface area (Å²) in [7, 11) is 0. The molecule has 17 heteroatoms. The third kappa shape index (κ3) is 1.06. The van der Waals surface area contributed by atoms with E-state index >= 15 is 0 Å². The topological polar surface area (TPSA) is 37.3 Å². The van der Waals surface area contributed by atoms with Gasteiger partial charge in [0.1, 0.15) is 0 Å². The first kappa shape index (κ1) is 21.1. The maximum absolute atomic E-state index is 14.5. The van der Waals surface area contributed by atoms with Crippen molar-refractivity contribution in [2.24, 2.45) is 0 Å². The van der Waals surface area contributed by atoms with E-state index in [1.807, 2.05) is 0 Å². The quantitative estimate of drug-likeness (QED) is 0.617. The van der Waals surface area contributed by atoms with Gasteiger partial charge in [0.05, 0.1) is 0 Å². The third-order valence-corrected chi connectivity index (χ3v) is 5.57. The number of halogens is 15. The molecule has 4 aliphatic rings. The first-order valence-electron chi connectivity index (χ1n) is 6.51. The molecule has 0 heterocycles. The zero-order valence-corrected chi connectivity index (χ0v) is 12.0. The number of aliphatic carboxylic acids is 1. The molecule has 162 valence electrons. The van der Waals surface area contributed by atoms with Crippen LogP contribution in [0.15, 0.2) is 0 Å². The first-order valence-corrected chi connectivity index (χ1v) is 6.51. The van der Waals surface area contributed by atoms with Crippen LogP contribution in [0.4, 0.5) is 65.9 Å². The van der Waals surface area contributed by atoms with Gasteiger partial charge in [-0.1, -0.05) is 0 Å². The molecular formula is C11HF15O2. The predicted molar refractivity (Wildman–Crippen MR) is 51.6 cm³/mol. The fourth-order valence-electron chi connectivity index (χ4n) is 4.16. The Labute approximate surface area is 141 Å². The Balaban J connectivity index is 2.76. The van der Waals surface area contributed by atoms with Crippen LogP contribution in [0.2, 0.25) is 0 Å². The van der Waals surface area contributed by atoms with Gasteiger partial charge in [-0.2, -0.15) is 43.9 Å². The van der Waals surface area contributed by atoms with Crippen LogP contribution >= 0.6 is 0 Å². The average Bonchev–Trinajstić information content (AvgIpc) is 2.52. The molecule has 0 saturated heterocycles. The molecule has 28 heavy (non-hydrogen) atoms. The molecule has 0 aliphatic heterocycles. The molecule has 0 aromatic rings. The SMILES string of the molecule is O=C(O)C1(F)C2(F)C(F)(F)C3(F)C(F)(F)C(F)(C2(F)F)C(F)(F)C1(F)C3(F)F. The van der Waals surface area contributed by atoms with Gasteiger partial charge in [0.25, 0.3) is 17.0 Å². The van der Waals surface area contributed by atoms with Crippen molar-refractivity contribution in [2.75, 3.05) is 0 Å². The third-order valence-electron chi connectivity index (χ3n) is 5.57. The Morgan fingerprint density at radius 2 is 0.607 bits per heavy atom. The zero-order valence-electron chi connectivity index (χ0n) is 12.0. The zero-order chi connectivity index (χ0) is 22.6. The molecule has 0 atom stereocenters. The summed E-state index contributed by atoms with van der Waals surface area (Å²) in [6.45, 7) is 0. The summed E-state index contributed by atoms with van der Waals surface area (Å²) in [6.07, 6.45) is 0. The summed E-state index contributed by atoms with van der Waals surface area (Å²) in [6, 6.07) is 0. The van der Waals surface area contributed by atoms with Crippen molar-refractivity contribution in [2.45, 2.75) is 58.0 Å². The van der Waals surface area contributed by atoms with Gasteiger partial charge in [0, 0.05) is 0 Å². The number of hydrogen-bond acceptors (Lipinski definition) is 1. The number of rotatable bonds is 1. The highest BCUT2D eigenvalue weighted by Gasteiger charge is 3.23. The monoisotopic (exact) mass is 450 g/mol. The van der Waals surface area contributed by atoms with E-state index in [4.69, 9.17) is 5.11 Å². The van der Waals surface area contributed by atoms with E-state index in [1.54, 1.807) is 0 Å². The van der Waals surface area contributed by atoms with Crippen LogP contribution in [0.5, 0.6) is 0 Å². The lowest BCUT2D eigenvalue weighted by Crippen LogP contribution is -3.10. The van der Waals surface area contributed by atoms with Crippen LogP contribution in [0, 0.1) is 0 Å². The molecule has 0 amide bonds. The summed E-state index contributed by atoms with van der Waals surface area (Å²) < 4.78 is 211. The van der Waals surface area contributed by atoms with Crippen molar-refractivity contribution < 1.29 is 75.8 Å². The van der Waals surface area contributed by atoms with E-state index in [2.05, 4.69) is 0 Å². The lowest BCUT2D eigenvalue weighted by molar-refractivity contribution is -0.590. The van der Waals surface area contributed by atoms with Gasteiger partial charge in [-0.05, 0) is 0 Å². The van der Waals surface area contributed by atoms with Gasteiger partial charge >= 0.3 is 46.9 Å². The first-order chi connectivity index (χ1) is 11.9. The summed E-state index contributed by atoms with van der Waals surface area (Å²) in [5, 5.41) is 8.34. The number of carbonyl (C=O) groups is 1. The Kier molecular flexibility index (Phi) is 3.03. The number of carboxylic acids is 1. The molecule has 4 bridgehead atoms. The fraction of sp³-hybridized carbons (Fsp3) is 0.909. The predicted octanol–water partition coefficient (Wildman–Crippen LogP) is 3.83. The molecule has 4 aliphatic carbocycles. The van der Waals surface area contributed by atoms with Crippen LogP contribution in [0.1, 0.15) is 0 Å². The Morgan fingerprint density at radius 3 is 0.786 bits per heavy atom. The van der Waals surface area contributed by atoms with E-state index in [-0.39, 0.29) is 0 Å². The van der Waals surface area contributed by atoms with E-state index < -0.39 is 63.9 Å². The second-order valence-corrected chi connectivity index (χ2v) is 6.47. The Hall–Kier alpha value is -1.58. The van der Waals surface area contributed by atoms with E-state index in [9.17, 15) is 70.7 Å². The number of hydrogen-bond donors (Lipinski definition) is 1. The van der Waals surface area contributed by atoms with Crippen molar-refractivity contribution in [3.05, 3.63) is 0 Å². The lowest BCUT2D eigenvalue weighted by Gasteiger charge is -2.73. The standard InChI is InChI=1S/C11HF15O2/c12-2(1(27)28)3(13)7(17,18)5(15)9(21,22)4(2,14)10(23,24)6(16,8(3,19)20)11(5,25)26/h(H,27,28). The number of alkyl halides is 15. The smallest absolute Gasteiger partial charge is 0.349 e. The van der Waals surface area contributed by atoms with Crippen molar-refractivity contribution in [3.63, 3.8) is 0 Å². The summed E-state index contributed by atoms with van der Waals surface area (Å²) in [5.41, 5.74) is -38.8. The summed E-state index contributed by atoms with van der Waals surface area (Å²) >= 11 is 0. The Bertz CT molecular complexity index is 714. The minimum Gasteiger partial charge on any atom is -0.479 e. The van der Waals surface area contributed by atoms with Crippen LogP contribution in [0.25, 0.3) is 0 Å². The second kappa shape index (κ2) is 4.02. The molecule has 2 nitrogen and oxygen atoms in total. The molecule has 4 saturated carbocycles. The minimum atomic E-state index is -7.95. The van der Waals surface area contributed by atoms with Gasteiger partial charge < -0.3 is 5.11 Å². The molecule has 0 aromatic carbocycles. The summed E-state index contributed by atoms with van der Waals surface area (Å²) in [4.78, 5) is 10.7. The average molecular weight is 450 g/mol. The van der Waals surface area contributed by atoms with Gasteiger partial charge in [-0.3, -0.25) is 0 Å². The van der Waals surface area contributed by atoms with Gasteiger partial charge in [0.15, 0.2) is 0 Å². The van der Waals surface area contributed by atoms with E-state index in [1.165, 1.54) is 0 Å². The lowest BCUT2D eigenvalue weighted by atomic mass is 9.38. The summed E-state index contributed by atoms with van der Waals surface area (Å²) in [5.74, 6) is -44.2. The second-order valence-electron chi connectivity index (χ2n) is 6.47. The minimum absolute atomic E-state index is 4.54. The normalized spacial score (nSPS) is 53.8. The van der Waals surface area contributed by atoms with Gasteiger partial charge in [-0.25, -0.2) is 26.7 Å². The molecule has 1 N–H and O–H groups in total. The highest BCUT2D eigenvalue weighted by Crippen LogP contribution is 2.88.